The van der Waals surface area contributed by atoms with E-state index in [1.54, 1.807) is 0 Å². The Bertz CT molecular complexity index is 686. The molecule has 6 heteroatoms. The molecular formula is C16H19N3O3. The molecule has 1 saturated heterocycles. The second-order valence-electron chi connectivity index (χ2n) is 5.97. The molecule has 4 rings (SSSR count). The van der Waals surface area contributed by atoms with Crippen molar-refractivity contribution < 1.29 is 13.9 Å². The Hall–Kier alpha value is -2.08. The van der Waals surface area contributed by atoms with Crippen molar-refractivity contribution in [2.75, 3.05) is 19.8 Å². The molecule has 0 aromatic carbocycles. The third-order valence-corrected chi connectivity index (χ3v) is 4.46. The molecule has 22 heavy (non-hydrogen) atoms. The van der Waals surface area contributed by atoms with Gasteiger partial charge in [-0.1, -0.05) is 0 Å². The summed E-state index contributed by atoms with van der Waals surface area (Å²) in [5.41, 5.74) is 1.55. The van der Waals surface area contributed by atoms with Gasteiger partial charge in [-0.2, -0.15) is 0 Å². The van der Waals surface area contributed by atoms with Crippen LogP contribution in [0.5, 0.6) is 0 Å². The number of carbonyl (C=O) groups excluding carboxylic acids is 1. The van der Waals surface area contributed by atoms with E-state index < -0.39 is 0 Å². The topological polar surface area (TPSA) is 60.5 Å². The standard InChI is InChI=1S/C16H19N3O3/c1-18-6-2-3-12(18)13-9-21-8-7-19(13)16(20)14-15(11-4-5-11)22-10-17-14/h2-3,6,10-11,13H,4-5,7-9H2,1H3. The Morgan fingerprint density at radius 2 is 2.27 bits per heavy atom. The maximum absolute atomic E-state index is 13.0. The number of morpholine rings is 1. The first-order valence-corrected chi connectivity index (χ1v) is 7.69. The minimum absolute atomic E-state index is 0.0508. The maximum atomic E-state index is 13.0. The molecule has 0 radical (unpaired) electrons. The Balaban J connectivity index is 1.65. The number of ether oxygens (including phenoxy) is 1. The number of oxazole rings is 1. The average Bonchev–Trinajstić information content (AvgIpc) is 3.11. The fraction of sp³-hybridized carbons (Fsp3) is 0.500. The molecule has 1 unspecified atom stereocenters. The minimum Gasteiger partial charge on any atom is -0.447 e. The second kappa shape index (κ2) is 5.28. The highest BCUT2D eigenvalue weighted by molar-refractivity contribution is 5.93. The van der Waals surface area contributed by atoms with Gasteiger partial charge >= 0.3 is 0 Å². The van der Waals surface area contributed by atoms with Crippen LogP contribution in [0.3, 0.4) is 0 Å². The quantitative estimate of drug-likeness (QED) is 0.871. The number of amides is 1. The highest BCUT2D eigenvalue weighted by atomic mass is 16.5. The largest absolute Gasteiger partial charge is 0.447 e. The number of aromatic nitrogens is 2. The molecule has 0 N–H and O–H groups in total. The van der Waals surface area contributed by atoms with E-state index in [0.29, 0.717) is 31.4 Å². The van der Waals surface area contributed by atoms with Crippen molar-refractivity contribution in [1.29, 1.82) is 0 Å². The zero-order chi connectivity index (χ0) is 15.1. The highest BCUT2D eigenvalue weighted by Crippen LogP contribution is 2.42. The molecule has 2 aliphatic rings. The molecule has 1 aliphatic carbocycles. The van der Waals surface area contributed by atoms with Gasteiger partial charge in [-0.15, -0.1) is 0 Å². The lowest BCUT2D eigenvalue weighted by atomic mass is 10.1. The summed E-state index contributed by atoms with van der Waals surface area (Å²) in [6, 6.07) is 3.94. The van der Waals surface area contributed by atoms with Gasteiger partial charge in [-0.25, -0.2) is 4.98 Å². The number of nitrogens with zero attached hydrogens (tertiary/aromatic N) is 3. The van der Waals surface area contributed by atoms with Gasteiger partial charge in [0, 0.05) is 31.4 Å². The van der Waals surface area contributed by atoms with Crippen molar-refractivity contribution in [2.45, 2.75) is 24.8 Å². The fourth-order valence-corrected chi connectivity index (χ4v) is 3.10. The number of carbonyl (C=O) groups is 1. The molecule has 2 aromatic heterocycles. The van der Waals surface area contributed by atoms with Gasteiger partial charge in [-0.3, -0.25) is 4.79 Å². The molecule has 2 aromatic rings. The SMILES string of the molecule is Cn1cccc1C1COCCN1C(=O)c1ncoc1C1CC1. The van der Waals surface area contributed by atoms with Crippen LogP contribution in [0.25, 0.3) is 0 Å². The van der Waals surface area contributed by atoms with Gasteiger partial charge in [0.2, 0.25) is 0 Å². The van der Waals surface area contributed by atoms with Crippen molar-refractivity contribution in [3.63, 3.8) is 0 Å². The normalized spacial score (nSPS) is 22.0. The molecule has 0 spiro atoms. The predicted molar refractivity (Wildman–Crippen MR) is 78.5 cm³/mol. The van der Waals surface area contributed by atoms with Crippen LogP contribution < -0.4 is 0 Å². The van der Waals surface area contributed by atoms with Crippen LogP contribution in [0, 0.1) is 0 Å². The molecule has 6 nitrogen and oxygen atoms in total. The van der Waals surface area contributed by atoms with Crippen LogP contribution in [0.15, 0.2) is 29.1 Å². The molecule has 1 amide bonds. The summed E-state index contributed by atoms with van der Waals surface area (Å²) in [6.45, 7) is 1.65. The van der Waals surface area contributed by atoms with Crippen LogP contribution >= 0.6 is 0 Å². The molecule has 3 heterocycles. The summed E-state index contributed by atoms with van der Waals surface area (Å²) in [5.74, 6) is 1.07. The summed E-state index contributed by atoms with van der Waals surface area (Å²) >= 11 is 0. The van der Waals surface area contributed by atoms with E-state index in [-0.39, 0.29) is 11.9 Å². The van der Waals surface area contributed by atoms with Gasteiger partial charge in [0.15, 0.2) is 12.1 Å². The summed E-state index contributed by atoms with van der Waals surface area (Å²) < 4.78 is 13.1. The summed E-state index contributed by atoms with van der Waals surface area (Å²) in [5, 5.41) is 0. The Morgan fingerprint density at radius 1 is 1.41 bits per heavy atom. The number of hydrogen-bond donors (Lipinski definition) is 0. The number of hydrogen-bond acceptors (Lipinski definition) is 4. The molecule has 1 atom stereocenters. The Morgan fingerprint density at radius 3 is 3.00 bits per heavy atom. The van der Waals surface area contributed by atoms with Crippen LogP contribution in [-0.4, -0.2) is 40.1 Å². The van der Waals surface area contributed by atoms with Gasteiger partial charge in [0.25, 0.3) is 5.91 Å². The predicted octanol–water partition coefficient (Wildman–Crippen LogP) is 2.10. The summed E-state index contributed by atoms with van der Waals surface area (Å²) in [4.78, 5) is 19.0. The average molecular weight is 301 g/mol. The van der Waals surface area contributed by atoms with Crippen LogP contribution in [-0.2, 0) is 11.8 Å². The van der Waals surface area contributed by atoms with Crippen molar-refractivity contribution in [1.82, 2.24) is 14.5 Å². The Labute approximate surface area is 128 Å². The molecule has 2 fully saturated rings. The van der Waals surface area contributed by atoms with E-state index >= 15 is 0 Å². The van der Waals surface area contributed by atoms with Gasteiger partial charge in [0.1, 0.15) is 5.76 Å². The minimum atomic E-state index is -0.0787. The number of aryl methyl sites for hydroxylation is 1. The zero-order valence-electron chi connectivity index (χ0n) is 12.6. The lowest BCUT2D eigenvalue weighted by molar-refractivity contribution is -0.00502. The van der Waals surface area contributed by atoms with E-state index in [1.807, 2.05) is 34.8 Å². The molecular weight excluding hydrogens is 282 g/mol. The monoisotopic (exact) mass is 301 g/mol. The first kappa shape index (κ1) is 13.6. The van der Waals surface area contributed by atoms with Crippen LogP contribution in [0.1, 0.15) is 46.7 Å². The molecule has 1 aliphatic heterocycles. The lowest BCUT2D eigenvalue weighted by Gasteiger charge is -2.35. The van der Waals surface area contributed by atoms with Gasteiger partial charge in [-0.05, 0) is 25.0 Å². The van der Waals surface area contributed by atoms with E-state index in [1.165, 1.54) is 6.39 Å². The zero-order valence-corrected chi connectivity index (χ0v) is 12.6. The summed E-state index contributed by atoms with van der Waals surface area (Å²) in [6.07, 6.45) is 5.54. The third kappa shape index (κ3) is 2.23. The van der Waals surface area contributed by atoms with Crippen LogP contribution in [0.4, 0.5) is 0 Å². The van der Waals surface area contributed by atoms with Gasteiger partial charge < -0.3 is 18.6 Å². The van der Waals surface area contributed by atoms with Crippen molar-refractivity contribution >= 4 is 5.91 Å². The first-order chi connectivity index (χ1) is 10.8. The molecule has 1 saturated carbocycles. The van der Waals surface area contributed by atoms with E-state index in [4.69, 9.17) is 9.15 Å². The highest BCUT2D eigenvalue weighted by Gasteiger charge is 2.37. The molecule has 116 valence electrons. The Kier molecular flexibility index (Phi) is 3.26. The maximum Gasteiger partial charge on any atom is 0.276 e. The van der Waals surface area contributed by atoms with E-state index in [2.05, 4.69) is 4.98 Å². The lowest BCUT2D eigenvalue weighted by Crippen LogP contribution is -2.44. The second-order valence-corrected chi connectivity index (χ2v) is 5.97. The van der Waals surface area contributed by atoms with Crippen molar-refractivity contribution in [3.8, 4) is 0 Å². The smallest absolute Gasteiger partial charge is 0.276 e. The third-order valence-electron chi connectivity index (χ3n) is 4.46. The summed E-state index contributed by atoms with van der Waals surface area (Å²) in [7, 11) is 1.98. The first-order valence-electron chi connectivity index (χ1n) is 7.69. The van der Waals surface area contributed by atoms with Crippen LogP contribution in [0.2, 0.25) is 0 Å². The molecule has 0 bridgehead atoms. The number of rotatable bonds is 3. The fourth-order valence-electron chi connectivity index (χ4n) is 3.10. The van der Waals surface area contributed by atoms with E-state index in [9.17, 15) is 4.79 Å². The van der Waals surface area contributed by atoms with Crippen molar-refractivity contribution in [2.24, 2.45) is 7.05 Å². The van der Waals surface area contributed by atoms with E-state index in [0.717, 1.165) is 24.3 Å². The van der Waals surface area contributed by atoms with Crippen molar-refractivity contribution in [3.05, 3.63) is 41.9 Å². The van der Waals surface area contributed by atoms with Gasteiger partial charge in [0.05, 0.1) is 19.3 Å².